The SMILES string of the molecule is Cc1nc(Cc2ccccc2)sc1C(=O)NCC(C)CCO. The smallest absolute Gasteiger partial charge is 0.263 e. The second-order valence-corrected chi connectivity index (χ2v) is 6.60. The van der Waals surface area contributed by atoms with Crippen LogP contribution in [0.4, 0.5) is 0 Å². The van der Waals surface area contributed by atoms with Crippen LogP contribution in [0.2, 0.25) is 0 Å². The Morgan fingerprint density at radius 3 is 2.77 bits per heavy atom. The number of aliphatic hydroxyl groups is 1. The summed E-state index contributed by atoms with van der Waals surface area (Å²) in [5.74, 6) is 0.199. The van der Waals surface area contributed by atoms with E-state index in [0.29, 0.717) is 17.8 Å². The van der Waals surface area contributed by atoms with E-state index >= 15 is 0 Å². The molecule has 1 amide bonds. The number of amides is 1. The molecule has 1 heterocycles. The molecule has 22 heavy (non-hydrogen) atoms. The number of benzene rings is 1. The summed E-state index contributed by atoms with van der Waals surface area (Å²) >= 11 is 1.45. The van der Waals surface area contributed by atoms with Gasteiger partial charge in [-0.3, -0.25) is 4.79 Å². The van der Waals surface area contributed by atoms with Crippen LogP contribution in [0.25, 0.3) is 0 Å². The highest BCUT2D eigenvalue weighted by Gasteiger charge is 2.16. The number of carbonyl (C=O) groups is 1. The van der Waals surface area contributed by atoms with Crippen LogP contribution in [0.3, 0.4) is 0 Å². The van der Waals surface area contributed by atoms with E-state index in [1.165, 1.54) is 16.9 Å². The molecule has 0 fully saturated rings. The Bertz CT molecular complexity index is 610. The summed E-state index contributed by atoms with van der Waals surface area (Å²) in [4.78, 5) is 17.4. The number of nitrogens with one attached hydrogen (secondary N) is 1. The molecule has 4 nitrogen and oxygen atoms in total. The van der Waals surface area contributed by atoms with E-state index in [4.69, 9.17) is 5.11 Å². The molecule has 2 rings (SSSR count). The number of hydrogen-bond donors (Lipinski definition) is 2. The van der Waals surface area contributed by atoms with E-state index < -0.39 is 0 Å². The minimum Gasteiger partial charge on any atom is -0.396 e. The third-order valence-electron chi connectivity index (χ3n) is 3.48. The molecule has 2 aromatic rings. The quantitative estimate of drug-likeness (QED) is 0.825. The molecular formula is C17H22N2O2S. The highest BCUT2D eigenvalue weighted by atomic mass is 32.1. The molecule has 1 atom stereocenters. The maximum Gasteiger partial charge on any atom is 0.263 e. The molecule has 0 saturated heterocycles. The Hall–Kier alpha value is -1.72. The Labute approximate surface area is 135 Å². The summed E-state index contributed by atoms with van der Waals surface area (Å²) in [5, 5.41) is 12.8. The van der Waals surface area contributed by atoms with Crippen LogP contribution in [-0.4, -0.2) is 29.1 Å². The molecule has 0 bridgehead atoms. The van der Waals surface area contributed by atoms with Crippen LogP contribution >= 0.6 is 11.3 Å². The maximum atomic E-state index is 12.2. The largest absolute Gasteiger partial charge is 0.396 e. The first-order valence-corrected chi connectivity index (χ1v) is 8.31. The number of nitrogens with zero attached hydrogens (tertiary/aromatic N) is 1. The normalized spacial score (nSPS) is 12.1. The van der Waals surface area contributed by atoms with E-state index in [2.05, 4.69) is 22.4 Å². The monoisotopic (exact) mass is 318 g/mol. The first-order valence-electron chi connectivity index (χ1n) is 7.49. The summed E-state index contributed by atoms with van der Waals surface area (Å²) in [7, 11) is 0. The second-order valence-electron chi connectivity index (χ2n) is 5.51. The zero-order chi connectivity index (χ0) is 15.9. The van der Waals surface area contributed by atoms with Gasteiger partial charge in [0, 0.05) is 19.6 Å². The van der Waals surface area contributed by atoms with Gasteiger partial charge in [-0.2, -0.15) is 0 Å². The van der Waals surface area contributed by atoms with Crippen LogP contribution in [0.1, 0.15) is 39.3 Å². The molecule has 2 N–H and O–H groups in total. The topological polar surface area (TPSA) is 62.2 Å². The molecule has 118 valence electrons. The molecule has 0 radical (unpaired) electrons. The minimum absolute atomic E-state index is 0.0703. The van der Waals surface area contributed by atoms with E-state index in [-0.39, 0.29) is 18.4 Å². The van der Waals surface area contributed by atoms with Crippen molar-refractivity contribution in [3.63, 3.8) is 0 Å². The van der Waals surface area contributed by atoms with Crippen molar-refractivity contribution in [2.24, 2.45) is 5.92 Å². The van der Waals surface area contributed by atoms with Gasteiger partial charge in [0.1, 0.15) is 4.88 Å². The van der Waals surface area contributed by atoms with Crippen molar-refractivity contribution in [3.8, 4) is 0 Å². The van der Waals surface area contributed by atoms with E-state index in [0.717, 1.165) is 17.1 Å². The lowest BCUT2D eigenvalue weighted by Gasteiger charge is -2.10. The third kappa shape index (κ3) is 4.64. The van der Waals surface area contributed by atoms with Crippen LogP contribution < -0.4 is 5.32 Å². The number of rotatable bonds is 7. The van der Waals surface area contributed by atoms with Gasteiger partial charge >= 0.3 is 0 Å². The summed E-state index contributed by atoms with van der Waals surface area (Å²) in [5.41, 5.74) is 1.98. The highest BCUT2D eigenvalue weighted by molar-refractivity contribution is 7.13. The van der Waals surface area contributed by atoms with Gasteiger partial charge < -0.3 is 10.4 Å². The molecule has 0 aliphatic carbocycles. The summed E-state index contributed by atoms with van der Waals surface area (Å²) < 4.78 is 0. The van der Waals surface area contributed by atoms with Gasteiger partial charge in [0.15, 0.2) is 0 Å². The van der Waals surface area contributed by atoms with Crippen molar-refractivity contribution >= 4 is 17.2 Å². The van der Waals surface area contributed by atoms with Crippen LogP contribution in [-0.2, 0) is 6.42 Å². The maximum absolute atomic E-state index is 12.2. The zero-order valence-electron chi connectivity index (χ0n) is 13.0. The lowest BCUT2D eigenvalue weighted by Crippen LogP contribution is -2.28. The molecule has 0 aliphatic heterocycles. The number of aromatic nitrogens is 1. The van der Waals surface area contributed by atoms with Crippen molar-refractivity contribution in [2.75, 3.05) is 13.2 Å². The summed E-state index contributed by atoms with van der Waals surface area (Å²) in [6.45, 7) is 4.61. The van der Waals surface area contributed by atoms with E-state index in [9.17, 15) is 4.79 Å². The van der Waals surface area contributed by atoms with Crippen LogP contribution in [0, 0.1) is 12.8 Å². The van der Waals surface area contributed by atoms with E-state index in [1.807, 2.05) is 32.0 Å². The predicted molar refractivity (Wildman–Crippen MR) is 89.3 cm³/mol. The van der Waals surface area contributed by atoms with Crippen LogP contribution in [0.15, 0.2) is 30.3 Å². The molecular weight excluding hydrogens is 296 g/mol. The number of hydrogen-bond acceptors (Lipinski definition) is 4. The third-order valence-corrected chi connectivity index (χ3v) is 4.63. The lowest BCUT2D eigenvalue weighted by atomic mass is 10.1. The molecule has 1 aromatic heterocycles. The Morgan fingerprint density at radius 2 is 2.09 bits per heavy atom. The number of carbonyl (C=O) groups excluding carboxylic acids is 1. The first kappa shape index (κ1) is 16.6. The summed E-state index contributed by atoms with van der Waals surface area (Å²) in [6.07, 6.45) is 1.45. The van der Waals surface area contributed by atoms with Crippen molar-refractivity contribution < 1.29 is 9.90 Å². The van der Waals surface area contributed by atoms with Crippen molar-refractivity contribution in [1.82, 2.24) is 10.3 Å². The minimum atomic E-state index is -0.0703. The van der Waals surface area contributed by atoms with Crippen LogP contribution in [0.5, 0.6) is 0 Å². The Morgan fingerprint density at radius 1 is 1.36 bits per heavy atom. The second kappa shape index (κ2) is 8.06. The summed E-state index contributed by atoms with van der Waals surface area (Å²) in [6, 6.07) is 10.1. The number of aryl methyl sites for hydroxylation is 1. The van der Waals surface area contributed by atoms with E-state index in [1.54, 1.807) is 0 Å². The molecule has 0 aliphatic rings. The predicted octanol–water partition coefficient (Wildman–Crippen LogP) is 2.79. The standard InChI is InChI=1S/C17H22N2O2S/c1-12(8-9-20)11-18-17(21)16-13(2)19-15(22-16)10-14-6-4-3-5-7-14/h3-7,12,20H,8-11H2,1-2H3,(H,18,21). The average molecular weight is 318 g/mol. The van der Waals surface area contributed by atoms with Gasteiger partial charge in [-0.1, -0.05) is 37.3 Å². The lowest BCUT2D eigenvalue weighted by molar-refractivity contribution is 0.0948. The molecule has 1 aromatic carbocycles. The molecule has 0 saturated carbocycles. The van der Waals surface area contributed by atoms with Gasteiger partial charge in [-0.15, -0.1) is 11.3 Å². The average Bonchev–Trinajstić information content (AvgIpc) is 2.87. The fraction of sp³-hybridized carbons (Fsp3) is 0.412. The fourth-order valence-corrected chi connectivity index (χ4v) is 3.19. The van der Waals surface area contributed by atoms with Gasteiger partial charge in [0.25, 0.3) is 5.91 Å². The van der Waals surface area contributed by atoms with Gasteiger partial charge in [0.2, 0.25) is 0 Å². The molecule has 5 heteroatoms. The number of thiazole rings is 1. The van der Waals surface area contributed by atoms with Crippen molar-refractivity contribution in [3.05, 3.63) is 51.5 Å². The first-order chi connectivity index (χ1) is 10.6. The fourth-order valence-electron chi connectivity index (χ4n) is 2.18. The Balaban J connectivity index is 1.98. The zero-order valence-corrected chi connectivity index (χ0v) is 13.8. The Kier molecular flexibility index (Phi) is 6.10. The highest BCUT2D eigenvalue weighted by Crippen LogP contribution is 2.20. The molecule has 1 unspecified atom stereocenters. The van der Waals surface area contributed by atoms with Gasteiger partial charge in [-0.05, 0) is 24.8 Å². The number of aliphatic hydroxyl groups excluding tert-OH is 1. The van der Waals surface area contributed by atoms with Crippen molar-refractivity contribution in [2.45, 2.75) is 26.7 Å². The van der Waals surface area contributed by atoms with Gasteiger partial charge in [0.05, 0.1) is 10.7 Å². The molecule has 0 spiro atoms. The van der Waals surface area contributed by atoms with Crippen molar-refractivity contribution in [1.29, 1.82) is 0 Å². The van der Waals surface area contributed by atoms with Gasteiger partial charge in [-0.25, -0.2) is 4.98 Å².